The van der Waals surface area contributed by atoms with Gasteiger partial charge in [0, 0.05) is 6.04 Å². The monoisotopic (exact) mass is 176 g/mol. The van der Waals surface area contributed by atoms with Gasteiger partial charge in [-0.15, -0.1) is 0 Å². The normalized spacial score (nSPS) is 34.4. The van der Waals surface area contributed by atoms with Gasteiger partial charge in [-0.25, -0.2) is 0 Å². The zero-order valence-electron chi connectivity index (χ0n) is 7.04. The third-order valence-corrected chi connectivity index (χ3v) is 4.02. The molecule has 0 fully saturated rings. The second-order valence-corrected chi connectivity index (χ2v) is 4.61. The Labute approximate surface area is 70.1 Å². The van der Waals surface area contributed by atoms with Crippen molar-refractivity contribution in [2.24, 2.45) is 10.9 Å². The Morgan fingerprint density at radius 3 is 2.73 bits per heavy atom. The Kier molecular flexibility index (Phi) is 3.06. The Hall–Kier alpha value is 0.1000. The maximum atomic E-state index is 5.92. The maximum Gasteiger partial charge on any atom is 0.0892 e. The average molecular weight is 176 g/mol. The van der Waals surface area contributed by atoms with E-state index in [-0.39, 0.29) is 16.7 Å². The Morgan fingerprint density at radius 2 is 2.45 bits per heavy atom. The molecular weight excluding hydrogens is 160 g/mol. The van der Waals surface area contributed by atoms with E-state index in [4.69, 9.17) is 15.6 Å². The van der Waals surface area contributed by atoms with Gasteiger partial charge in [-0.05, 0) is 13.3 Å². The number of rotatable bonds is 2. The molecule has 0 spiro atoms. The summed E-state index contributed by atoms with van der Waals surface area (Å²) < 4.78 is 5.41. The van der Waals surface area contributed by atoms with E-state index in [1.165, 1.54) is 0 Å². The van der Waals surface area contributed by atoms with Crippen molar-refractivity contribution < 1.29 is 4.74 Å². The van der Waals surface area contributed by atoms with Crippen molar-refractivity contribution in [1.29, 1.82) is 0 Å². The number of nitrogens with two attached hydrogens (primary N) is 2. The summed E-state index contributed by atoms with van der Waals surface area (Å²) in [6, 6.07) is 0.146. The molecule has 4 heteroatoms. The Morgan fingerprint density at radius 1 is 1.82 bits per heavy atom. The Balaban J connectivity index is 2.69. The zero-order valence-corrected chi connectivity index (χ0v) is 7.86. The van der Waals surface area contributed by atoms with Crippen molar-refractivity contribution >= 4 is 15.7 Å². The fraction of sp³-hybridized carbons (Fsp3) is 0.857. The molecule has 11 heavy (non-hydrogen) atoms. The highest BCUT2D eigenvalue weighted by Gasteiger charge is 2.25. The molecule has 0 saturated carbocycles. The van der Waals surface area contributed by atoms with Crippen LogP contribution in [-0.2, 0) is 4.74 Å². The van der Waals surface area contributed by atoms with Gasteiger partial charge in [0.25, 0.3) is 0 Å². The number of hydrogen-bond donors (Lipinski definition) is 2. The third kappa shape index (κ3) is 1.82. The highest BCUT2D eigenvalue weighted by Crippen LogP contribution is 2.25. The van der Waals surface area contributed by atoms with Crippen molar-refractivity contribution in [3.63, 3.8) is 0 Å². The predicted molar refractivity (Wildman–Crippen MR) is 50.5 cm³/mol. The molecule has 0 aliphatic carbocycles. The molecule has 3 nitrogen and oxygen atoms in total. The summed E-state index contributed by atoms with van der Waals surface area (Å²) in [6.45, 7) is 4.76. The highest BCUT2D eigenvalue weighted by atomic mass is 32.2. The summed E-state index contributed by atoms with van der Waals surface area (Å²) >= 11 is 0. The van der Waals surface area contributed by atoms with E-state index in [0.29, 0.717) is 11.9 Å². The summed E-state index contributed by atoms with van der Waals surface area (Å²) in [7, 11) is -0.209. The Bertz CT molecular complexity index is 179. The summed E-state index contributed by atoms with van der Waals surface area (Å²) in [5.41, 5.74) is 5.74. The van der Waals surface area contributed by atoms with E-state index in [1.807, 2.05) is 6.92 Å². The molecule has 0 aromatic heterocycles. The topological polar surface area (TPSA) is 61.3 Å². The molecule has 1 aliphatic heterocycles. The highest BCUT2D eigenvalue weighted by molar-refractivity contribution is 8.14. The van der Waals surface area contributed by atoms with E-state index in [1.54, 1.807) is 0 Å². The molecule has 2 unspecified atom stereocenters. The molecule has 1 heterocycles. The van der Waals surface area contributed by atoms with Gasteiger partial charge >= 0.3 is 0 Å². The van der Waals surface area contributed by atoms with Crippen molar-refractivity contribution in [3.05, 3.63) is 0 Å². The van der Waals surface area contributed by atoms with Crippen molar-refractivity contribution in [2.75, 3.05) is 6.61 Å². The quantitative estimate of drug-likeness (QED) is 0.599. The van der Waals surface area contributed by atoms with Crippen LogP contribution < -0.4 is 10.9 Å². The van der Waals surface area contributed by atoms with Gasteiger partial charge in [0.2, 0.25) is 0 Å². The van der Waals surface area contributed by atoms with E-state index in [2.05, 4.69) is 6.92 Å². The molecular formula is C7H16N2OS. The summed E-state index contributed by atoms with van der Waals surface area (Å²) in [5, 5.41) is 7.29. The fourth-order valence-electron chi connectivity index (χ4n) is 1.14. The first-order valence-electron chi connectivity index (χ1n) is 3.88. The minimum Gasteiger partial charge on any atom is -0.342 e. The predicted octanol–water partition coefficient (Wildman–Crippen LogP) is 0.415. The van der Waals surface area contributed by atoms with Crippen LogP contribution >= 0.6 is 10.7 Å². The lowest BCUT2D eigenvalue weighted by atomic mass is 10.3. The minimum absolute atomic E-state index is 0.146. The van der Waals surface area contributed by atoms with Crippen LogP contribution in [0.2, 0.25) is 0 Å². The lowest BCUT2D eigenvalue weighted by Gasteiger charge is -2.14. The fourth-order valence-corrected chi connectivity index (χ4v) is 2.69. The third-order valence-electron chi connectivity index (χ3n) is 1.87. The van der Waals surface area contributed by atoms with Crippen molar-refractivity contribution in [3.8, 4) is 0 Å². The van der Waals surface area contributed by atoms with Gasteiger partial charge in [-0.1, -0.05) is 17.6 Å². The molecule has 0 aromatic carbocycles. The van der Waals surface area contributed by atoms with Crippen LogP contribution in [0, 0.1) is 0 Å². The lowest BCUT2D eigenvalue weighted by Crippen LogP contribution is -2.32. The number of hydrogen-bond acceptors (Lipinski definition) is 3. The molecule has 4 N–H and O–H groups in total. The van der Waals surface area contributed by atoms with E-state index < -0.39 is 0 Å². The van der Waals surface area contributed by atoms with Gasteiger partial charge in [0.05, 0.1) is 16.9 Å². The van der Waals surface area contributed by atoms with E-state index >= 15 is 0 Å². The van der Waals surface area contributed by atoms with Crippen LogP contribution in [0.1, 0.15) is 20.3 Å². The van der Waals surface area contributed by atoms with Gasteiger partial charge < -0.3 is 10.5 Å². The van der Waals surface area contributed by atoms with Crippen LogP contribution in [-0.4, -0.2) is 22.9 Å². The van der Waals surface area contributed by atoms with Gasteiger partial charge in [0.1, 0.15) is 0 Å². The molecule has 0 bridgehead atoms. The molecule has 0 amide bonds. The lowest BCUT2D eigenvalue weighted by molar-refractivity contribution is 0.306. The molecule has 66 valence electrons. The summed E-state index contributed by atoms with van der Waals surface area (Å²) in [5.74, 6) is 0. The zero-order chi connectivity index (χ0) is 8.43. The van der Waals surface area contributed by atoms with E-state index in [9.17, 15) is 0 Å². The molecule has 0 aromatic rings. The van der Waals surface area contributed by atoms with Gasteiger partial charge in [-0.3, -0.25) is 5.14 Å². The second kappa shape index (κ2) is 3.67. The molecule has 3 atom stereocenters. The van der Waals surface area contributed by atoms with Gasteiger partial charge in [-0.2, -0.15) is 0 Å². The largest absolute Gasteiger partial charge is 0.342 e. The molecule has 1 aliphatic rings. The second-order valence-electron chi connectivity index (χ2n) is 2.81. The van der Waals surface area contributed by atoms with Gasteiger partial charge in [0.15, 0.2) is 0 Å². The number of ether oxygens (including phenoxy) is 1. The van der Waals surface area contributed by atoms with Crippen LogP contribution in [0.25, 0.3) is 0 Å². The van der Waals surface area contributed by atoms with Crippen LogP contribution in [0.3, 0.4) is 0 Å². The van der Waals surface area contributed by atoms with Crippen LogP contribution in [0.5, 0.6) is 0 Å². The first-order valence-corrected chi connectivity index (χ1v) is 5.23. The summed E-state index contributed by atoms with van der Waals surface area (Å²) in [6.07, 6.45) is 0.919. The molecule has 1 rings (SSSR count). The van der Waals surface area contributed by atoms with E-state index in [0.717, 1.165) is 11.5 Å². The first kappa shape index (κ1) is 9.19. The molecule has 0 saturated heterocycles. The molecule has 0 radical (unpaired) electrons. The van der Waals surface area contributed by atoms with Crippen LogP contribution in [0.15, 0.2) is 0 Å². The average Bonchev–Trinajstić information content (AvgIpc) is 2.30. The minimum atomic E-state index is -0.209. The van der Waals surface area contributed by atoms with Crippen LogP contribution in [0.4, 0.5) is 0 Å². The standard InChI is InChI=1S/C7H16N2OS/c1-3-7-10-4-6(5(2)8)11(7)9/h5-6H,3-4,8-9H2,1-2H3/t5?,6-,11?/m1/s1. The first-order chi connectivity index (χ1) is 5.16. The van der Waals surface area contributed by atoms with Crippen molar-refractivity contribution in [1.82, 2.24) is 0 Å². The van der Waals surface area contributed by atoms with Crippen molar-refractivity contribution in [2.45, 2.75) is 31.6 Å². The maximum absolute atomic E-state index is 5.92. The smallest absolute Gasteiger partial charge is 0.0892 e. The summed E-state index contributed by atoms with van der Waals surface area (Å²) in [4.78, 5) is 0. The SMILES string of the molecule is CCC1=S(N)[C@@H](C(C)N)CO1.